The minimum atomic E-state index is -2.06. The summed E-state index contributed by atoms with van der Waals surface area (Å²) < 4.78 is 21.2. The molecule has 0 heterocycles. The second kappa shape index (κ2) is 2.59. The summed E-state index contributed by atoms with van der Waals surface area (Å²) in [6.07, 6.45) is -2.13. The van der Waals surface area contributed by atoms with Crippen molar-refractivity contribution in [1.82, 2.24) is 0 Å². The van der Waals surface area contributed by atoms with Crippen molar-refractivity contribution in [1.29, 1.82) is 0 Å². The monoisotopic (exact) mass is 96.0 g/mol. The first-order chi connectivity index (χ1) is 2.77. The molecule has 0 rings (SSSR count). The van der Waals surface area contributed by atoms with Gasteiger partial charge in [-0.15, -0.1) is 0 Å². The molecule has 0 aliphatic heterocycles. The number of hydrogen-bond acceptors (Lipinski definition) is 2. The smallest absolute Gasteiger partial charge is 0.308 e. The third-order valence-corrected chi connectivity index (χ3v) is 0.142. The van der Waals surface area contributed by atoms with Crippen LogP contribution in [-0.4, -0.2) is 5.26 Å². The second-order valence-corrected chi connectivity index (χ2v) is 0.513. The van der Waals surface area contributed by atoms with E-state index in [0.29, 0.717) is 0 Å². The van der Waals surface area contributed by atoms with Crippen LogP contribution >= 0.6 is 0 Å². The molecule has 1 N–H and O–H groups in total. The van der Waals surface area contributed by atoms with Gasteiger partial charge in [-0.2, -0.15) is 8.78 Å². The summed E-state index contributed by atoms with van der Waals surface area (Å²) in [5.74, 6) is 0. The van der Waals surface area contributed by atoms with E-state index in [4.69, 9.17) is 5.26 Å². The van der Waals surface area contributed by atoms with Crippen molar-refractivity contribution in [2.75, 3.05) is 0 Å². The Bertz CT molecular complexity index is 56.6. The van der Waals surface area contributed by atoms with E-state index >= 15 is 0 Å². The molecule has 0 fully saturated rings. The Labute approximate surface area is 32.6 Å². The summed E-state index contributed by atoms with van der Waals surface area (Å²) in [5, 5.41) is 7.18. The van der Waals surface area contributed by atoms with Crippen molar-refractivity contribution in [2.24, 2.45) is 0 Å². The van der Waals surface area contributed by atoms with Gasteiger partial charge in [-0.25, -0.2) is 5.26 Å². The molecular formula is C2H2F2O2. The van der Waals surface area contributed by atoms with Crippen LogP contribution in [0.1, 0.15) is 0 Å². The van der Waals surface area contributed by atoms with Crippen LogP contribution in [0, 0.1) is 0 Å². The lowest BCUT2D eigenvalue weighted by Crippen LogP contribution is -1.64. The van der Waals surface area contributed by atoms with E-state index in [-0.39, 0.29) is 6.26 Å². The fourth-order valence-corrected chi connectivity index (χ4v) is 0.0398. The largest absolute Gasteiger partial charge is 0.342 e. The maximum atomic E-state index is 10.6. The highest BCUT2D eigenvalue weighted by Crippen LogP contribution is 1.93. The molecule has 0 aliphatic rings. The van der Waals surface area contributed by atoms with Crippen molar-refractivity contribution in [2.45, 2.75) is 0 Å². The highest BCUT2D eigenvalue weighted by atomic mass is 19.3. The second-order valence-electron chi connectivity index (χ2n) is 0.513. The molecule has 0 amide bonds. The Morgan fingerprint density at radius 3 is 2.17 bits per heavy atom. The van der Waals surface area contributed by atoms with Crippen molar-refractivity contribution in [3.63, 3.8) is 0 Å². The van der Waals surface area contributed by atoms with Crippen molar-refractivity contribution in [3.8, 4) is 0 Å². The van der Waals surface area contributed by atoms with E-state index in [1.807, 2.05) is 0 Å². The molecule has 0 aromatic carbocycles. The minimum Gasteiger partial charge on any atom is -0.342 e. The van der Waals surface area contributed by atoms with E-state index in [0.717, 1.165) is 0 Å². The standard InChI is InChI=1S/C2H2F2O2/c3-2(4)1-6-5/h1,5H. The highest BCUT2D eigenvalue weighted by molar-refractivity contribution is 4.67. The molecule has 2 nitrogen and oxygen atoms in total. The van der Waals surface area contributed by atoms with Gasteiger partial charge in [0, 0.05) is 0 Å². The van der Waals surface area contributed by atoms with Crippen LogP contribution in [0.5, 0.6) is 0 Å². The zero-order chi connectivity index (χ0) is 4.99. The van der Waals surface area contributed by atoms with Crippen molar-refractivity contribution >= 4 is 0 Å². The summed E-state index contributed by atoms with van der Waals surface area (Å²) in [7, 11) is 0. The molecule has 4 heteroatoms. The van der Waals surface area contributed by atoms with Gasteiger partial charge in [-0.1, -0.05) is 0 Å². The molecule has 0 bridgehead atoms. The van der Waals surface area contributed by atoms with E-state index in [1.165, 1.54) is 0 Å². The molecular weight excluding hydrogens is 94.0 g/mol. The average molecular weight is 96.0 g/mol. The van der Waals surface area contributed by atoms with Crippen LogP contribution in [0.3, 0.4) is 0 Å². The van der Waals surface area contributed by atoms with Crippen LogP contribution in [0.15, 0.2) is 12.3 Å². The summed E-state index contributed by atoms with van der Waals surface area (Å²) in [4.78, 5) is 2.89. The van der Waals surface area contributed by atoms with Gasteiger partial charge in [-0.05, 0) is 0 Å². The van der Waals surface area contributed by atoms with Crippen molar-refractivity contribution in [3.05, 3.63) is 12.3 Å². The Morgan fingerprint density at radius 2 is 2.17 bits per heavy atom. The summed E-state index contributed by atoms with van der Waals surface area (Å²) in [6.45, 7) is 0. The lowest BCUT2D eigenvalue weighted by Gasteiger charge is -1.75. The SMILES string of the molecule is OOC=C(F)F. The first-order valence-electron chi connectivity index (χ1n) is 1.08. The summed E-state index contributed by atoms with van der Waals surface area (Å²) >= 11 is 0. The molecule has 0 aliphatic carbocycles. The van der Waals surface area contributed by atoms with Crippen LogP contribution in [-0.2, 0) is 4.89 Å². The molecule has 0 aromatic rings. The highest BCUT2D eigenvalue weighted by Gasteiger charge is 1.81. The van der Waals surface area contributed by atoms with Crippen molar-refractivity contribution < 1.29 is 18.9 Å². The van der Waals surface area contributed by atoms with Crippen LogP contribution < -0.4 is 0 Å². The predicted octanol–water partition coefficient (Wildman–Crippen LogP) is 1.21. The molecule has 0 radical (unpaired) electrons. The lowest BCUT2D eigenvalue weighted by molar-refractivity contribution is -0.189. The quantitative estimate of drug-likeness (QED) is 0.302. The average Bonchev–Trinajstić information content (AvgIpc) is 1.35. The predicted molar refractivity (Wildman–Crippen MR) is 14.0 cm³/mol. The fraction of sp³-hybridized carbons (Fsp3) is 0. The zero-order valence-electron chi connectivity index (χ0n) is 2.69. The van der Waals surface area contributed by atoms with Gasteiger partial charge in [0.15, 0.2) is 6.26 Å². The Kier molecular flexibility index (Phi) is 2.31. The van der Waals surface area contributed by atoms with Gasteiger partial charge in [0.05, 0.1) is 0 Å². The first kappa shape index (κ1) is 5.36. The molecule has 0 saturated carbocycles. The summed E-state index contributed by atoms with van der Waals surface area (Å²) in [6, 6.07) is 0. The zero-order valence-corrected chi connectivity index (χ0v) is 2.69. The molecule has 0 atom stereocenters. The van der Waals surface area contributed by atoms with E-state index in [1.54, 1.807) is 0 Å². The molecule has 0 aromatic heterocycles. The summed E-state index contributed by atoms with van der Waals surface area (Å²) in [5.41, 5.74) is 0. The van der Waals surface area contributed by atoms with Gasteiger partial charge >= 0.3 is 6.08 Å². The van der Waals surface area contributed by atoms with E-state index < -0.39 is 6.08 Å². The van der Waals surface area contributed by atoms with Crippen LogP contribution in [0.4, 0.5) is 8.78 Å². The fourth-order valence-electron chi connectivity index (χ4n) is 0.0398. The number of halogens is 2. The number of rotatable bonds is 1. The van der Waals surface area contributed by atoms with Gasteiger partial charge in [0.25, 0.3) is 0 Å². The molecule has 6 heavy (non-hydrogen) atoms. The Hall–Kier alpha value is -0.640. The van der Waals surface area contributed by atoms with Gasteiger partial charge in [0.1, 0.15) is 0 Å². The maximum absolute atomic E-state index is 10.6. The van der Waals surface area contributed by atoms with E-state index in [9.17, 15) is 8.78 Å². The van der Waals surface area contributed by atoms with Crippen LogP contribution in [0.2, 0.25) is 0 Å². The van der Waals surface area contributed by atoms with E-state index in [2.05, 4.69) is 4.89 Å². The Morgan fingerprint density at radius 1 is 1.67 bits per heavy atom. The van der Waals surface area contributed by atoms with Gasteiger partial charge in [0.2, 0.25) is 0 Å². The molecule has 0 unspecified atom stereocenters. The molecule has 36 valence electrons. The minimum absolute atomic E-state index is 0.0694. The number of hydrogen-bond donors (Lipinski definition) is 1. The topological polar surface area (TPSA) is 29.5 Å². The third-order valence-electron chi connectivity index (χ3n) is 0.142. The Balaban J connectivity index is 3.14. The normalized spacial score (nSPS) is 7.17. The maximum Gasteiger partial charge on any atom is 0.308 e. The molecule has 0 spiro atoms. The van der Waals surface area contributed by atoms with Crippen LogP contribution in [0.25, 0.3) is 0 Å². The molecule has 0 saturated heterocycles. The van der Waals surface area contributed by atoms with Gasteiger partial charge < -0.3 is 4.89 Å². The lowest BCUT2D eigenvalue weighted by atomic mass is 11.1. The third kappa shape index (κ3) is 3.36. The van der Waals surface area contributed by atoms with Gasteiger partial charge in [-0.3, -0.25) is 0 Å². The first-order valence-corrected chi connectivity index (χ1v) is 1.08.